The highest BCUT2D eigenvalue weighted by Gasteiger charge is 2.11. The molecule has 0 aliphatic carbocycles. The first kappa shape index (κ1) is 14.9. The first-order chi connectivity index (χ1) is 15.0. The lowest BCUT2D eigenvalue weighted by molar-refractivity contribution is 0.262. The summed E-state index contributed by atoms with van der Waals surface area (Å²) in [6.07, 6.45) is 5.01. The van der Waals surface area contributed by atoms with Crippen LogP contribution >= 0.6 is 0 Å². The summed E-state index contributed by atoms with van der Waals surface area (Å²) in [7, 11) is 0. The highest BCUT2D eigenvalue weighted by molar-refractivity contribution is 6.05. The Hall–Kier alpha value is -4.06. The molecular formula is C23H19N5O. The molecule has 3 heterocycles. The summed E-state index contributed by atoms with van der Waals surface area (Å²) in [4.78, 5) is 19.7. The number of rotatable bonds is 4. The van der Waals surface area contributed by atoms with Gasteiger partial charge in [-0.25, -0.2) is 9.78 Å². The molecule has 5 aromatic rings. The second-order valence-electron chi connectivity index (χ2n) is 6.58. The van der Waals surface area contributed by atoms with Crippen molar-refractivity contribution in [2.75, 3.05) is 10.6 Å². The number of hydrogen-bond donors (Lipinski definition) is 3. The summed E-state index contributed by atoms with van der Waals surface area (Å²) in [6, 6.07) is 19.7. The van der Waals surface area contributed by atoms with Crippen LogP contribution in [0.1, 0.15) is 8.30 Å². The Kier molecular flexibility index (Phi) is 3.69. The Morgan fingerprint density at radius 2 is 1.90 bits per heavy atom. The SMILES string of the molecule is [2H]C([2H])(c1c[nH]c2ncccc12)n1ccc2c(NC(=O)Nc3ccccc3)cccc21. The molecule has 3 N–H and O–H groups in total. The van der Waals surface area contributed by atoms with Crippen LogP contribution in [-0.2, 0) is 6.50 Å². The van der Waals surface area contributed by atoms with E-state index in [4.69, 9.17) is 2.74 Å². The number of carbonyl (C=O) groups is 1. The summed E-state index contributed by atoms with van der Waals surface area (Å²) in [5, 5.41) is 7.12. The molecule has 0 saturated carbocycles. The lowest BCUT2D eigenvalue weighted by Crippen LogP contribution is -2.19. The zero-order chi connectivity index (χ0) is 21.4. The number of aromatic amines is 1. The van der Waals surface area contributed by atoms with Gasteiger partial charge in [0.05, 0.1) is 13.9 Å². The van der Waals surface area contributed by atoms with Gasteiger partial charge in [0.2, 0.25) is 0 Å². The van der Waals surface area contributed by atoms with Crippen LogP contribution in [0, 0.1) is 0 Å². The number of pyridine rings is 1. The van der Waals surface area contributed by atoms with E-state index in [1.165, 1.54) is 0 Å². The monoisotopic (exact) mass is 383 g/mol. The van der Waals surface area contributed by atoms with Crippen LogP contribution in [0.4, 0.5) is 16.2 Å². The predicted molar refractivity (Wildman–Crippen MR) is 116 cm³/mol. The van der Waals surface area contributed by atoms with Crippen molar-refractivity contribution >= 4 is 39.3 Å². The number of amides is 2. The molecule has 0 bridgehead atoms. The Bertz CT molecular complexity index is 1390. The maximum absolute atomic E-state index is 12.4. The minimum Gasteiger partial charge on any atom is -0.346 e. The molecular weight excluding hydrogens is 362 g/mol. The zero-order valence-corrected chi connectivity index (χ0v) is 15.4. The van der Waals surface area contributed by atoms with Gasteiger partial charge in [0.15, 0.2) is 0 Å². The van der Waals surface area contributed by atoms with Crippen LogP contribution in [0.5, 0.6) is 0 Å². The molecule has 5 rings (SSSR count). The molecule has 6 heteroatoms. The van der Waals surface area contributed by atoms with E-state index in [0.717, 1.165) is 10.8 Å². The summed E-state index contributed by atoms with van der Waals surface area (Å²) in [5.41, 5.74) is 3.09. The second kappa shape index (κ2) is 7.16. The number of carbonyl (C=O) groups excluding carboxylic acids is 1. The molecule has 2 aromatic carbocycles. The number of anilines is 2. The van der Waals surface area contributed by atoms with Gasteiger partial charge in [0.25, 0.3) is 0 Å². The zero-order valence-electron chi connectivity index (χ0n) is 17.4. The molecule has 0 radical (unpaired) electrons. The minimum atomic E-state index is -1.83. The fourth-order valence-electron chi connectivity index (χ4n) is 3.36. The van der Waals surface area contributed by atoms with Crippen molar-refractivity contribution in [2.45, 2.75) is 6.50 Å². The number of fused-ring (bicyclic) bond motifs is 2. The fourth-order valence-corrected chi connectivity index (χ4v) is 3.36. The number of aromatic nitrogens is 3. The first-order valence-electron chi connectivity index (χ1n) is 10.2. The molecule has 0 saturated heterocycles. The van der Waals surface area contributed by atoms with Crippen LogP contribution < -0.4 is 10.6 Å². The third-order valence-corrected chi connectivity index (χ3v) is 4.70. The van der Waals surface area contributed by atoms with Gasteiger partial charge in [0.1, 0.15) is 5.65 Å². The van der Waals surface area contributed by atoms with Crippen LogP contribution in [0.15, 0.2) is 85.3 Å². The van der Waals surface area contributed by atoms with Gasteiger partial charge in [-0.1, -0.05) is 24.3 Å². The quantitative estimate of drug-likeness (QED) is 0.398. The molecule has 6 nitrogen and oxygen atoms in total. The molecule has 142 valence electrons. The summed E-state index contributed by atoms with van der Waals surface area (Å²) >= 11 is 0. The maximum Gasteiger partial charge on any atom is 0.323 e. The van der Waals surface area contributed by atoms with Crippen LogP contribution in [0.25, 0.3) is 21.9 Å². The van der Waals surface area contributed by atoms with Crippen molar-refractivity contribution in [3.63, 3.8) is 0 Å². The molecule has 0 unspecified atom stereocenters. The molecule has 2 amide bonds. The molecule has 0 spiro atoms. The third kappa shape index (κ3) is 3.32. The average Bonchev–Trinajstić information content (AvgIpc) is 3.40. The van der Waals surface area contributed by atoms with Crippen molar-refractivity contribution in [1.82, 2.24) is 14.5 Å². The number of para-hydroxylation sites is 1. The highest BCUT2D eigenvalue weighted by atomic mass is 16.2. The largest absolute Gasteiger partial charge is 0.346 e. The van der Waals surface area contributed by atoms with Crippen molar-refractivity contribution < 1.29 is 7.54 Å². The van der Waals surface area contributed by atoms with Gasteiger partial charge in [-0.3, -0.25) is 0 Å². The van der Waals surface area contributed by atoms with E-state index in [1.54, 1.807) is 59.6 Å². The smallest absolute Gasteiger partial charge is 0.323 e. The normalized spacial score (nSPS) is 12.6. The molecule has 3 aromatic heterocycles. The molecule has 0 aliphatic rings. The van der Waals surface area contributed by atoms with Gasteiger partial charge in [-0.15, -0.1) is 0 Å². The highest BCUT2D eigenvalue weighted by Crippen LogP contribution is 2.26. The summed E-state index contributed by atoms with van der Waals surface area (Å²) in [6.45, 7) is -1.83. The van der Waals surface area contributed by atoms with Crippen LogP contribution in [0.3, 0.4) is 0 Å². The van der Waals surface area contributed by atoms with E-state index in [9.17, 15) is 4.79 Å². The summed E-state index contributed by atoms with van der Waals surface area (Å²) < 4.78 is 19.3. The Morgan fingerprint density at radius 3 is 2.79 bits per heavy atom. The molecule has 29 heavy (non-hydrogen) atoms. The maximum atomic E-state index is 12.4. The van der Waals surface area contributed by atoms with E-state index in [-0.39, 0.29) is 6.03 Å². The molecule has 0 aliphatic heterocycles. The number of urea groups is 1. The van der Waals surface area contributed by atoms with Crippen LogP contribution in [-0.4, -0.2) is 20.6 Å². The number of H-pyrrole nitrogens is 1. The standard InChI is InChI=1S/C23H19N5O/c29-23(26-17-6-2-1-3-7-17)27-20-9-4-10-21-19(20)11-13-28(21)15-16-14-25-22-18(16)8-5-12-24-22/h1-14H,15H2,(H,24,25)(H2,26,27,29)/i15D2. The summed E-state index contributed by atoms with van der Waals surface area (Å²) in [5.74, 6) is 0. The topological polar surface area (TPSA) is 74.7 Å². The average molecular weight is 383 g/mol. The van der Waals surface area contributed by atoms with E-state index in [1.807, 2.05) is 30.3 Å². The van der Waals surface area contributed by atoms with E-state index in [0.29, 0.717) is 28.1 Å². The number of hydrogen-bond acceptors (Lipinski definition) is 2. The fraction of sp³-hybridized carbons (Fsp3) is 0.0435. The van der Waals surface area contributed by atoms with Gasteiger partial charge in [-0.2, -0.15) is 0 Å². The first-order valence-corrected chi connectivity index (χ1v) is 9.20. The van der Waals surface area contributed by atoms with Crippen LogP contribution in [0.2, 0.25) is 0 Å². The molecule has 0 fully saturated rings. The number of benzene rings is 2. The van der Waals surface area contributed by atoms with Crippen molar-refractivity contribution in [2.24, 2.45) is 0 Å². The Labute approximate surface area is 170 Å². The van der Waals surface area contributed by atoms with Crippen molar-refractivity contribution in [3.8, 4) is 0 Å². The third-order valence-electron chi connectivity index (χ3n) is 4.70. The lowest BCUT2D eigenvalue weighted by Gasteiger charge is -2.10. The van der Waals surface area contributed by atoms with E-state index < -0.39 is 6.50 Å². The van der Waals surface area contributed by atoms with Gasteiger partial charge in [0, 0.05) is 41.5 Å². The number of nitrogens with zero attached hydrogens (tertiary/aromatic N) is 2. The Balaban J connectivity index is 1.50. The molecule has 0 atom stereocenters. The number of nitrogens with one attached hydrogen (secondary N) is 3. The van der Waals surface area contributed by atoms with E-state index in [2.05, 4.69) is 20.6 Å². The van der Waals surface area contributed by atoms with Gasteiger partial charge >= 0.3 is 6.03 Å². The second-order valence-corrected chi connectivity index (χ2v) is 6.58. The lowest BCUT2D eigenvalue weighted by atomic mass is 10.2. The van der Waals surface area contributed by atoms with Gasteiger partial charge in [-0.05, 0) is 48.0 Å². The van der Waals surface area contributed by atoms with E-state index >= 15 is 0 Å². The Morgan fingerprint density at radius 1 is 1.00 bits per heavy atom. The van der Waals surface area contributed by atoms with Crippen molar-refractivity contribution in [1.29, 1.82) is 0 Å². The predicted octanol–water partition coefficient (Wildman–Crippen LogP) is 5.21. The van der Waals surface area contributed by atoms with Crippen molar-refractivity contribution in [3.05, 3.63) is 90.9 Å². The minimum absolute atomic E-state index is 0.364. The van der Waals surface area contributed by atoms with Gasteiger partial charge < -0.3 is 20.2 Å².